The van der Waals surface area contributed by atoms with Crippen molar-refractivity contribution in [2.24, 2.45) is 5.41 Å². The van der Waals surface area contributed by atoms with Crippen LogP contribution in [-0.2, 0) is 4.79 Å². The van der Waals surface area contributed by atoms with E-state index in [1.54, 1.807) is 6.08 Å². The smallest absolute Gasteiger partial charge is 0.184 e. The fraction of sp³-hybridized carbons (Fsp3) is 0.727. The lowest BCUT2D eigenvalue weighted by Gasteiger charge is -2.28. The first kappa shape index (κ1) is 8.95. The van der Waals surface area contributed by atoms with Crippen molar-refractivity contribution in [2.75, 3.05) is 0 Å². The number of hydrogen-bond acceptors (Lipinski definition) is 2. The van der Waals surface area contributed by atoms with Crippen molar-refractivity contribution < 1.29 is 9.90 Å². The van der Waals surface area contributed by atoms with Crippen LogP contribution >= 0.6 is 0 Å². The summed E-state index contributed by atoms with van der Waals surface area (Å²) in [5.41, 5.74) is -0.187. The predicted molar refractivity (Wildman–Crippen MR) is 50.3 cm³/mol. The summed E-state index contributed by atoms with van der Waals surface area (Å²) in [7, 11) is 0. The van der Waals surface area contributed by atoms with E-state index in [9.17, 15) is 9.90 Å². The number of hydrogen-bond donors (Lipinski definition) is 1. The number of aliphatic hydroxyl groups excluding tert-OH is 1. The van der Waals surface area contributed by atoms with Crippen LogP contribution in [0.25, 0.3) is 0 Å². The molecule has 13 heavy (non-hydrogen) atoms. The fourth-order valence-electron chi connectivity index (χ4n) is 2.54. The second kappa shape index (κ2) is 3.26. The molecule has 1 N–H and O–H groups in total. The van der Waals surface area contributed by atoms with Gasteiger partial charge in [0.2, 0.25) is 0 Å². The first-order valence-electron chi connectivity index (χ1n) is 5.16. The van der Waals surface area contributed by atoms with Gasteiger partial charge in [-0.05, 0) is 18.9 Å². The Morgan fingerprint density at radius 3 is 2.31 bits per heavy atom. The average Bonchev–Trinajstić information content (AvgIpc) is 2.38. The van der Waals surface area contributed by atoms with Crippen LogP contribution in [0.3, 0.4) is 0 Å². The molecular formula is C11H16O2. The molecule has 2 aliphatic rings. The zero-order chi connectivity index (χ0) is 9.31. The Labute approximate surface area is 78.6 Å². The van der Waals surface area contributed by atoms with Gasteiger partial charge in [0.25, 0.3) is 0 Å². The van der Waals surface area contributed by atoms with E-state index < -0.39 is 6.10 Å². The van der Waals surface area contributed by atoms with Crippen LogP contribution in [-0.4, -0.2) is 17.0 Å². The highest BCUT2D eigenvalue weighted by atomic mass is 16.3. The van der Waals surface area contributed by atoms with E-state index in [1.807, 2.05) is 6.08 Å². The molecule has 2 aliphatic carbocycles. The predicted octanol–water partition coefficient (Wildman–Crippen LogP) is 1.83. The molecule has 0 aromatic heterocycles. The van der Waals surface area contributed by atoms with Gasteiger partial charge in [-0.1, -0.05) is 31.8 Å². The van der Waals surface area contributed by atoms with Crippen LogP contribution in [0.2, 0.25) is 0 Å². The summed E-state index contributed by atoms with van der Waals surface area (Å²) in [4.78, 5) is 11.2. The standard InChI is InChI=1S/C11H16O2/c12-9-5-8-11(10(9)13)6-3-1-2-4-7-11/h5,8,10,13H,1-4,6-7H2. The van der Waals surface area contributed by atoms with E-state index in [1.165, 1.54) is 12.8 Å². The lowest BCUT2D eigenvalue weighted by molar-refractivity contribution is -0.125. The molecule has 2 rings (SSSR count). The van der Waals surface area contributed by atoms with Crippen molar-refractivity contribution in [3.63, 3.8) is 0 Å². The second-order valence-corrected chi connectivity index (χ2v) is 4.29. The summed E-state index contributed by atoms with van der Waals surface area (Å²) in [5.74, 6) is -0.0955. The second-order valence-electron chi connectivity index (χ2n) is 4.29. The summed E-state index contributed by atoms with van der Waals surface area (Å²) in [6.07, 6.45) is 9.52. The monoisotopic (exact) mass is 180 g/mol. The molecular weight excluding hydrogens is 164 g/mol. The van der Waals surface area contributed by atoms with Crippen molar-refractivity contribution in [3.05, 3.63) is 12.2 Å². The Morgan fingerprint density at radius 2 is 1.85 bits per heavy atom. The summed E-state index contributed by atoms with van der Waals surface area (Å²) in [5, 5.41) is 9.79. The van der Waals surface area contributed by atoms with Gasteiger partial charge >= 0.3 is 0 Å². The lowest BCUT2D eigenvalue weighted by atomic mass is 9.78. The Morgan fingerprint density at radius 1 is 1.23 bits per heavy atom. The van der Waals surface area contributed by atoms with E-state index in [-0.39, 0.29) is 11.2 Å². The molecule has 0 amide bonds. The minimum absolute atomic E-state index is 0.0955. The van der Waals surface area contributed by atoms with E-state index in [4.69, 9.17) is 0 Å². The number of aliphatic hydroxyl groups is 1. The van der Waals surface area contributed by atoms with Gasteiger partial charge in [0.05, 0.1) is 0 Å². The third kappa shape index (κ3) is 1.44. The topological polar surface area (TPSA) is 37.3 Å². The van der Waals surface area contributed by atoms with Gasteiger partial charge in [0.1, 0.15) is 6.10 Å². The number of carbonyl (C=O) groups excluding carboxylic acids is 1. The minimum Gasteiger partial charge on any atom is -0.384 e. The molecule has 1 unspecified atom stereocenters. The van der Waals surface area contributed by atoms with Crippen LogP contribution < -0.4 is 0 Å². The highest BCUT2D eigenvalue weighted by Crippen LogP contribution is 2.42. The molecule has 2 nitrogen and oxygen atoms in total. The van der Waals surface area contributed by atoms with Gasteiger partial charge in [0.15, 0.2) is 5.78 Å². The maximum absolute atomic E-state index is 11.2. The van der Waals surface area contributed by atoms with E-state index in [2.05, 4.69) is 0 Å². The molecule has 0 saturated heterocycles. The van der Waals surface area contributed by atoms with Crippen LogP contribution in [0.15, 0.2) is 12.2 Å². The third-order valence-electron chi connectivity index (χ3n) is 3.43. The fourth-order valence-corrected chi connectivity index (χ4v) is 2.54. The minimum atomic E-state index is -0.745. The van der Waals surface area contributed by atoms with E-state index in [0.29, 0.717) is 0 Å². The maximum Gasteiger partial charge on any atom is 0.184 e. The van der Waals surface area contributed by atoms with Crippen molar-refractivity contribution in [1.82, 2.24) is 0 Å². The Hall–Kier alpha value is -0.630. The number of ketones is 1. The number of rotatable bonds is 0. The van der Waals surface area contributed by atoms with Gasteiger partial charge in [-0.3, -0.25) is 4.79 Å². The van der Waals surface area contributed by atoms with Gasteiger partial charge < -0.3 is 5.11 Å². The summed E-state index contributed by atoms with van der Waals surface area (Å²) in [6, 6.07) is 0. The molecule has 1 fully saturated rings. The maximum atomic E-state index is 11.2. The Kier molecular flexibility index (Phi) is 2.24. The molecule has 0 aromatic rings. The van der Waals surface area contributed by atoms with E-state index in [0.717, 1.165) is 25.7 Å². The third-order valence-corrected chi connectivity index (χ3v) is 3.43. The zero-order valence-electron chi connectivity index (χ0n) is 7.83. The van der Waals surface area contributed by atoms with E-state index >= 15 is 0 Å². The van der Waals surface area contributed by atoms with Crippen molar-refractivity contribution in [3.8, 4) is 0 Å². The molecule has 1 spiro atoms. The van der Waals surface area contributed by atoms with Crippen LogP contribution in [0, 0.1) is 5.41 Å². The SMILES string of the molecule is O=C1C=CC2(CCCCCC2)C1O. The molecule has 1 saturated carbocycles. The van der Waals surface area contributed by atoms with Crippen LogP contribution in [0.5, 0.6) is 0 Å². The Balaban J connectivity index is 2.18. The molecule has 0 radical (unpaired) electrons. The van der Waals surface area contributed by atoms with Gasteiger partial charge in [-0.15, -0.1) is 0 Å². The number of carbonyl (C=O) groups is 1. The van der Waals surface area contributed by atoms with Gasteiger partial charge in [-0.25, -0.2) is 0 Å². The van der Waals surface area contributed by atoms with Crippen molar-refractivity contribution in [2.45, 2.75) is 44.6 Å². The molecule has 72 valence electrons. The average molecular weight is 180 g/mol. The highest BCUT2D eigenvalue weighted by molar-refractivity contribution is 5.97. The highest BCUT2D eigenvalue weighted by Gasteiger charge is 2.42. The normalized spacial score (nSPS) is 32.4. The van der Waals surface area contributed by atoms with Gasteiger partial charge in [0, 0.05) is 5.41 Å². The summed E-state index contributed by atoms with van der Waals surface area (Å²) >= 11 is 0. The van der Waals surface area contributed by atoms with Crippen LogP contribution in [0.4, 0.5) is 0 Å². The zero-order valence-corrected chi connectivity index (χ0v) is 7.83. The first-order chi connectivity index (χ1) is 6.25. The molecule has 0 aliphatic heterocycles. The van der Waals surface area contributed by atoms with Crippen molar-refractivity contribution >= 4 is 5.78 Å². The molecule has 1 atom stereocenters. The van der Waals surface area contributed by atoms with Gasteiger partial charge in [-0.2, -0.15) is 0 Å². The van der Waals surface area contributed by atoms with Crippen molar-refractivity contribution in [1.29, 1.82) is 0 Å². The molecule has 0 aromatic carbocycles. The molecule has 0 bridgehead atoms. The first-order valence-corrected chi connectivity index (χ1v) is 5.16. The molecule has 2 heteroatoms. The quantitative estimate of drug-likeness (QED) is 0.617. The summed E-state index contributed by atoms with van der Waals surface area (Å²) < 4.78 is 0. The Bertz CT molecular complexity index is 234. The molecule has 0 heterocycles. The lowest BCUT2D eigenvalue weighted by Crippen LogP contribution is -2.33. The summed E-state index contributed by atoms with van der Waals surface area (Å²) in [6.45, 7) is 0. The largest absolute Gasteiger partial charge is 0.384 e. The van der Waals surface area contributed by atoms with Crippen LogP contribution in [0.1, 0.15) is 38.5 Å².